The summed E-state index contributed by atoms with van der Waals surface area (Å²) in [5.41, 5.74) is 2.04. The second-order valence-corrected chi connectivity index (χ2v) is 4.86. The Bertz CT molecular complexity index is 586. The smallest absolute Gasteiger partial charge is 0.137 e. The minimum absolute atomic E-state index is 0.107. The molecule has 1 atom stereocenters. The Morgan fingerprint density at radius 3 is 2.35 bits per heavy atom. The van der Waals surface area contributed by atoms with Crippen LogP contribution in [0, 0.1) is 0 Å². The maximum atomic E-state index is 6.13. The summed E-state index contributed by atoms with van der Waals surface area (Å²) >= 11 is 6.13. The van der Waals surface area contributed by atoms with E-state index >= 15 is 0 Å². The zero-order valence-electron chi connectivity index (χ0n) is 11.8. The highest BCUT2D eigenvalue weighted by Gasteiger charge is 2.11. The maximum absolute atomic E-state index is 6.13. The summed E-state index contributed by atoms with van der Waals surface area (Å²) in [7, 11) is 3.28. The SMILES string of the molecule is COc1ccc(NC(C)c2ccccc2OC)cc1Cl. The van der Waals surface area contributed by atoms with Gasteiger partial charge in [0, 0.05) is 11.3 Å². The van der Waals surface area contributed by atoms with Gasteiger partial charge in [0.05, 0.1) is 25.3 Å². The molecule has 0 saturated carbocycles. The monoisotopic (exact) mass is 291 g/mol. The molecule has 2 aromatic carbocycles. The van der Waals surface area contributed by atoms with Gasteiger partial charge in [-0.25, -0.2) is 0 Å². The summed E-state index contributed by atoms with van der Waals surface area (Å²) in [4.78, 5) is 0. The van der Waals surface area contributed by atoms with E-state index in [0.717, 1.165) is 17.0 Å². The molecule has 0 aliphatic carbocycles. The van der Waals surface area contributed by atoms with Crippen molar-refractivity contribution in [3.05, 3.63) is 53.1 Å². The topological polar surface area (TPSA) is 30.5 Å². The molecule has 0 heterocycles. The lowest BCUT2D eigenvalue weighted by molar-refractivity contribution is 0.408. The van der Waals surface area contributed by atoms with Gasteiger partial charge in [-0.1, -0.05) is 29.8 Å². The summed E-state index contributed by atoms with van der Waals surface area (Å²) in [6.07, 6.45) is 0. The number of hydrogen-bond donors (Lipinski definition) is 1. The Kier molecular flexibility index (Phi) is 4.74. The van der Waals surface area contributed by atoms with Gasteiger partial charge in [-0.2, -0.15) is 0 Å². The first-order chi connectivity index (χ1) is 9.65. The van der Waals surface area contributed by atoms with Crippen LogP contribution in [0.2, 0.25) is 5.02 Å². The first kappa shape index (κ1) is 14.5. The van der Waals surface area contributed by atoms with Crippen LogP contribution in [0.1, 0.15) is 18.5 Å². The summed E-state index contributed by atoms with van der Waals surface area (Å²) in [5, 5.41) is 3.99. The molecule has 0 aromatic heterocycles. The highest BCUT2D eigenvalue weighted by molar-refractivity contribution is 6.32. The highest BCUT2D eigenvalue weighted by atomic mass is 35.5. The average molecular weight is 292 g/mol. The Hall–Kier alpha value is -1.87. The van der Waals surface area contributed by atoms with Gasteiger partial charge >= 0.3 is 0 Å². The van der Waals surface area contributed by atoms with Crippen LogP contribution in [0.5, 0.6) is 11.5 Å². The van der Waals surface area contributed by atoms with Crippen molar-refractivity contribution in [1.29, 1.82) is 0 Å². The van der Waals surface area contributed by atoms with Gasteiger partial charge < -0.3 is 14.8 Å². The van der Waals surface area contributed by atoms with Gasteiger partial charge in [-0.05, 0) is 31.2 Å². The number of benzene rings is 2. The normalized spacial score (nSPS) is 11.8. The lowest BCUT2D eigenvalue weighted by atomic mass is 10.1. The van der Waals surface area contributed by atoms with Crippen LogP contribution >= 0.6 is 11.6 Å². The fourth-order valence-corrected chi connectivity index (χ4v) is 2.37. The molecular weight excluding hydrogens is 274 g/mol. The first-order valence-electron chi connectivity index (χ1n) is 6.38. The molecule has 4 heteroatoms. The molecule has 2 aromatic rings. The molecule has 2 rings (SSSR count). The van der Waals surface area contributed by atoms with Crippen molar-refractivity contribution in [3.8, 4) is 11.5 Å². The van der Waals surface area contributed by atoms with Crippen molar-refractivity contribution in [3.63, 3.8) is 0 Å². The number of rotatable bonds is 5. The van der Waals surface area contributed by atoms with Crippen molar-refractivity contribution < 1.29 is 9.47 Å². The van der Waals surface area contributed by atoms with Crippen LogP contribution in [0.15, 0.2) is 42.5 Å². The first-order valence-corrected chi connectivity index (χ1v) is 6.76. The summed E-state index contributed by atoms with van der Waals surface area (Å²) in [5.74, 6) is 1.54. The van der Waals surface area contributed by atoms with Crippen molar-refractivity contribution in [2.45, 2.75) is 13.0 Å². The quantitative estimate of drug-likeness (QED) is 0.878. The largest absolute Gasteiger partial charge is 0.496 e. The molecule has 0 aliphatic rings. The van der Waals surface area contributed by atoms with E-state index in [-0.39, 0.29) is 6.04 Å². The summed E-state index contributed by atoms with van der Waals surface area (Å²) in [6, 6.07) is 13.7. The highest BCUT2D eigenvalue weighted by Crippen LogP contribution is 2.31. The third-order valence-corrected chi connectivity index (χ3v) is 3.44. The maximum Gasteiger partial charge on any atom is 0.137 e. The molecule has 0 spiro atoms. The Balaban J connectivity index is 2.19. The van der Waals surface area contributed by atoms with Crippen LogP contribution in [-0.4, -0.2) is 14.2 Å². The minimum atomic E-state index is 0.107. The molecule has 0 aliphatic heterocycles. The van der Waals surface area contributed by atoms with Gasteiger partial charge in [-0.15, -0.1) is 0 Å². The second-order valence-electron chi connectivity index (χ2n) is 4.46. The van der Waals surface area contributed by atoms with E-state index in [1.54, 1.807) is 14.2 Å². The van der Waals surface area contributed by atoms with E-state index in [1.807, 2.05) is 42.5 Å². The molecule has 0 saturated heterocycles. The van der Waals surface area contributed by atoms with Crippen LogP contribution in [0.4, 0.5) is 5.69 Å². The van der Waals surface area contributed by atoms with Gasteiger partial charge in [0.15, 0.2) is 0 Å². The number of halogens is 1. The fraction of sp³-hybridized carbons (Fsp3) is 0.250. The van der Waals surface area contributed by atoms with Crippen molar-refractivity contribution in [2.75, 3.05) is 19.5 Å². The number of methoxy groups -OCH3 is 2. The van der Waals surface area contributed by atoms with Crippen LogP contribution in [-0.2, 0) is 0 Å². The van der Waals surface area contributed by atoms with Crippen LogP contribution in [0.25, 0.3) is 0 Å². The number of para-hydroxylation sites is 1. The molecule has 0 radical (unpaired) electrons. The Labute approximate surface area is 124 Å². The van der Waals surface area contributed by atoms with Crippen LogP contribution < -0.4 is 14.8 Å². The molecule has 1 N–H and O–H groups in total. The molecule has 1 unspecified atom stereocenters. The molecule has 20 heavy (non-hydrogen) atoms. The van der Waals surface area contributed by atoms with E-state index in [0.29, 0.717) is 10.8 Å². The minimum Gasteiger partial charge on any atom is -0.496 e. The number of anilines is 1. The Morgan fingerprint density at radius 1 is 1.00 bits per heavy atom. The molecule has 0 amide bonds. The standard InChI is InChI=1S/C16H18ClNO2/c1-11(13-6-4-5-7-15(13)19-2)18-12-8-9-16(20-3)14(17)10-12/h4-11,18H,1-3H3. The fourth-order valence-electron chi connectivity index (χ4n) is 2.11. The zero-order chi connectivity index (χ0) is 14.5. The van der Waals surface area contributed by atoms with Crippen molar-refractivity contribution in [2.24, 2.45) is 0 Å². The predicted molar refractivity (Wildman–Crippen MR) is 83.0 cm³/mol. The predicted octanol–water partition coefficient (Wildman–Crippen LogP) is 4.53. The molecular formula is C16H18ClNO2. The van der Waals surface area contributed by atoms with Gasteiger partial charge in [0.2, 0.25) is 0 Å². The zero-order valence-corrected chi connectivity index (χ0v) is 12.6. The molecule has 3 nitrogen and oxygen atoms in total. The van der Waals surface area contributed by atoms with E-state index in [2.05, 4.69) is 12.2 Å². The van der Waals surface area contributed by atoms with Gasteiger partial charge in [0.25, 0.3) is 0 Å². The number of nitrogens with one attached hydrogen (secondary N) is 1. The molecule has 106 valence electrons. The summed E-state index contributed by atoms with van der Waals surface area (Å²) < 4.78 is 10.5. The van der Waals surface area contributed by atoms with E-state index in [9.17, 15) is 0 Å². The second kappa shape index (κ2) is 6.53. The number of hydrogen-bond acceptors (Lipinski definition) is 3. The van der Waals surface area contributed by atoms with Crippen LogP contribution in [0.3, 0.4) is 0 Å². The number of ether oxygens (including phenoxy) is 2. The summed E-state index contributed by atoms with van der Waals surface area (Å²) in [6.45, 7) is 2.08. The van der Waals surface area contributed by atoms with Gasteiger partial charge in [-0.3, -0.25) is 0 Å². The molecule has 0 fully saturated rings. The van der Waals surface area contributed by atoms with E-state index in [1.165, 1.54) is 0 Å². The van der Waals surface area contributed by atoms with E-state index in [4.69, 9.17) is 21.1 Å². The lowest BCUT2D eigenvalue weighted by Crippen LogP contribution is -2.08. The lowest BCUT2D eigenvalue weighted by Gasteiger charge is -2.18. The van der Waals surface area contributed by atoms with Crippen molar-refractivity contribution in [1.82, 2.24) is 0 Å². The molecule has 0 bridgehead atoms. The average Bonchev–Trinajstić information content (AvgIpc) is 2.47. The van der Waals surface area contributed by atoms with Gasteiger partial charge in [0.1, 0.15) is 11.5 Å². The van der Waals surface area contributed by atoms with Crippen molar-refractivity contribution >= 4 is 17.3 Å². The third-order valence-electron chi connectivity index (χ3n) is 3.14. The third kappa shape index (κ3) is 3.17. The Morgan fingerprint density at radius 2 is 1.70 bits per heavy atom. The van der Waals surface area contributed by atoms with E-state index < -0.39 is 0 Å².